The van der Waals surface area contributed by atoms with Gasteiger partial charge in [0.25, 0.3) is 5.91 Å². The number of halogens is 1. The van der Waals surface area contributed by atoms with Gasteiger partial charge in [-0.2, -0.15) is 0 Å². The number of carbonyl (C=O) groups excluding carboxylic acids is 1. The predicted molar refractivity (Wildman–Crippen MR) is 133 cm³/mol. The van der Waals surface area contributed by atoms with Crippen LogP contribution in [0, 0.1) is 5.92 Å². The first kappa shape index (κ1) is 23.7. The highest BCUT2D eigenvalue weighted by molar-refractivity contribution is 6.31. The van der Waals surface area contributed by atoms with Crippen LogP contribution in [-0.4, -0.2) is 43.8 Å². The number of methoxy groups -OCH3 is 1. The Morgan fingerprint density at radius 2 is 1.97 bits per heavy atom. The number of rotatable bonds is 7. The van der Waals surface area contributed by atoms with E-state index in [4.69, 9.17) is 30.2 Å². The van der Waals surface area contributed by atoms with Crippen molar-refractivity contribution < 1.29 is 23.4 Å². The Hall–Kier alpha value is -3.03. The van der Waals surface area contributed by atoms with Crippen LogP contribution >= 0.6 is 11.6 Å². The molecule has 3 aromatic rings. The van der Waals surface area contributed by atoms with Gasteiger partial charge in [-0.1, -0.05) is 31.5 Å². The third-order valence-corrected chi connectivity index (χ3v) is 6.66. The van der Waals surface area contributed by atoms with E-state index in [2.05, 4.69) is 13.8 Å². The summed E-state index contributed by atoms with van der Waals surface area (Å²) in [5.41, 5.74) is 1.11. The molecule has 35 heavy (non-hydrogen) atoms. The van der Waals surface area contributed by atoms with Gasteiger partial charge in [0.1, 0.15) is 5.58 Å². The molecule has 0 aliphatic carbocycles. The van der Waals surface area contributed by atoms with Crippen LogP contribution in [0.3, 0.4) is 0 Å². The van der Waals surface area contributed by atoms with Crippen LogP contribution in [0.25, 0.3) is 11.0 Å². The maximum atomic E-state index is 13.7. The maximum absolute atomic E-state index is 13.7. The molecule has 0 spiro atoms. The molecule has 2 aliphatic rings. The van der Waals surface area contributed by atoms with Gasteiger partial charge in [0.15, 0.2) is 16.9 Å². The smallest absolute Gasteiger partial charge is 0.291 e. The SMILES string of the molecule is COc1cc([C@@H]2c3c(oc4ccc(Cl)cc4c3=O)C(=O)N2C[C@H]2CCCO2)ccc1OCC(C)C. The van der Waals surface area contributed by atoms with Gasteiger partial charge < -0.3 is 23.5 Å². The molecule has 1 saturated heterocycles. The van der Waals surface area contributed by atoms with Crippen molar-refractivity contribution in [3.05, 3.63) is 68.5 Å². The van der Waals surface area contributed by atoms with Crippen LogP contribution in [0.4, 0.5) is 0 Å². The first-order valence-electron chi connectivity index (χ1n) is 11.9. The van der Waals surface area contributed by atoms with Gasteiger partial charge in [0, 0.05) is 18.2 Å². The molecule has 2 atom stereocenters. The monoisotopic (exact) mass is 497 g/mol. The molecule has 1 fully saturated rings. The number of amides is 1. The van der Waals surface area contributed by atoms with E-state index < -0.39 is 6.04 Å². The lowest BCUT2D eigenvalue weighted by molar-refractivity contribution is 0.0486. The van der Waals surface area contributed by atoms with E-state index >= 15 is 0 Å². The zero-order chi connectivity index (χ0) is 24.7. The highest BCUT2D eigenvalue weighted by Gasteiger charge is 2.44. The molecule has 1 amide bonds. The Morgan fingerprint density at radius 3 is 2.69 bits per heavy atom. The first-order valence-corrected chi connectivity index (χ1v) is 12.2. The van der Waals surface area contributed by atoms with Crippen molar-refractivity contribution in [3.8, 4) is 11.5 Å². The summed E-state index contributed by atoms with van der Waals surface area (Å²) in [6.07, 6.45) is 1.71. The van der Waals surface area contributed by atoms with Crippen molar-refractivity contribution in [1.29, 1.82) is 0 Å². The van der Waals surface area contributed by atoms with E-state index in [1.807, 2.05) is 18.2 Å². The summed E-state index contributed by atoms with van der Waals surface area (Å²) < 4.78 is 23.3. The third kappa shape index (κ3) is 4.39. The second-order valence-electron chi connectivity index (χ2n) is 9.42. The Balaban J connectivity index is 1.64. The van der Waals surface area contributed by atoms with Gasteiger partial charge in [0.2, 0.25) is 5.76 Å². The van der Waals surface area contributed by atoms with Crippen molar-refractivity contribution in [2.75, 3.05) is 26.9 Å². The van der Waals surface area contributed by atoms with E-state index in [0.717, 1.165) is 18.4 Å². The Bertz CT molecular complexity index is 1330. The molecule has 0 saturated carbocycles. The minimum atomic E-state index is -0.644. The second-order valence-corrected chi connectivity index (χ2v) is 9.86. The van der Waals surface area contributed by atoms with E-state index in [0.29, 0.717) is 58.7 Å². The molecular formula is C27H28ClNO6. The minimum absolute atomic E-state index is 0.0620. The van der Waals surface area contributed by atoms with E-state index in [1.54, 1.807) is 30.2 Å². The molecule has 7 nitrogen and oxygen atoms in total. The second kappa shape index (κ2) is 9.55. The number of benzene rings is 2. The Labute approximate surface area is 208 Å². The number of ether oxygens (including phenoxy) is 3. The van der Waals surface area contributed by atoms with Crippen molar-refractivity contribution in [2.24, 2.45) is 5.92 Å². The summed E-state index contributed by atoms with van der Waals surface area (Å²) in [4.78, 5) is 29.0. The maximum Gasteiger partial charge on any atom is 0.291 e. The van der Waals surface area contributed by atoms with Gasteiger partial charge in [0.05, 0.1) is 36.8 Å². The molecule has 3 heterocycles. The summed E-state index contributed by atoms with van der Waals surface area (Å²) in [7, 11) is 1.57. The van der Waals surface area contributed by atoms with Crippen molar-refractivity contribution in [2.45, 2.75) is 38.8 Å². The number of nitrogens with zero attached hydrogens (tertiary/aromatic N) is 1. The largest absolute Gasteiger partial charge is 0.493 e. The van der Waals surface area contributed by atoms with Crippen LogP contribution in [-0.2, 0) is 4.74 Å². The van der Waals surface area contributed by atoms with E-state index in [1.165, 1.54) is 0 Å². The van der Waals surface area contributed by atoms with E-state index in [9.17, 15) is 9.59 Å². The molecular weight excluding hydrogens is 470 g/mol. The minimum Gasteiger partial charge on any atom is -0.493 e. The van der Waals surface area contributed by atoms with Gasteiger partial charge >= 0.3 is 0 Å². The highest BCUT2D eigenvalue weighted by Crippen LogP contribution is 2.41. The van der Waals surface area contributed by atoms with Crippen molar-refractivity contribution in [1.82, 2.24) is 4.90 Å². The normalized spacial score (nSPS) is 19.6. The predicted octanol–water partition coefficient (Wildman–Crippen LogP) is 5.21. The lowest BCUT2D eigenvalue weighted by Crippen LogP contribution is -2.36. The zero-order valence-electron chi connectivity index (χ0n) is 20.0. The molecule has 184 valence electrons. The zero-order valence-corrected chi connectivity index (χ0v) is 20.8. The average molecular weight is 498 g/mol. The van der Waals surface area contributed by atoms with Crippen LogP contribution in [0.5, 0.6) is 11.5 Å². The van der Waals surface area contributed by atoms with Gasteiger partial charge in [-0.25, -0.2) is 0 Å². The van der Waals surface area contributed by atoms with Crippen LogP contribution < -0.4 is 14.9 Å². The molecule has 0 unspecified atom stereocenters. The molecule has 0 radical (unpaired) electrons. The van der Waals surface area contributed by atoms with Gasteiger partial charge in [-0.05, 0) is 54.7 Å². The van der Waals surface area contributed by atoms with Crippen LogP contribution in [0.15, 0.2) is 45.6 Å². The fourth-order valence-corrected chi connectivity index (χ4v) is 4.94. The number of fused-ring (bicyclic) bond motifs is 2. The molecule has 2 aromatic carbocycles. The lowest BCUT2D eigenvalue weighted by Gasteiger charge is -2.28. The Morgan fingerprint density at radius 1 is 1.14 bits per heavy atom. The summed E-state index contributed by atoms with van der Waals surface area (Å²) in [5.74, 6) is 1.23. The standard InChI is InChI=1S/C27H28ClNO6/c1-15(2)14-34-21-8-6-16(11-22(21)32-3)24-23-25(30)19-12-17(28)7-9-20(19)35-26(23)27(31)29(24)13-18-5-4-10-33-18/h6-9,11-12,15,18,24H,4-5,10,13-14H2,1-3H3/t18-,24-/m1/s1. The first-order chi connectivity index (χ1) is 16.9. The topological polar surface area (TPSA) is 78.2 Å². The number of hydrogen-bond donors (Lipinski definition) is 0. The third-order valence-electron chi connectivity index (χ3n) is 6.43. The Kier molecular flexibility index (Phi) is 6.47. The summed E-state index contributed by atoms with van der Waals surface area (Å²) >= 11 is 6.17. The summed E-state index contributed by atoms with van der Waals surface area (Å²) in [6.45, 7) is 5.71. The summed E-state index contributed by atoms with van der Waals surface area (Å²) in [5, 5.41) is 0.770. The van der Waals surface area contributed by atoms with Crippen molar-refractivity contribution >= 4 is 28.5 Å². The molecule has 8 heteroatoms. The van der Waals surface area contributed by atoms with E-state index in [-0.39, 0.29) is 23.2 Å². The quantitative estimate of drug-likeness (QED) is 0.445. The van der Waals surface area contributed by atoms with Crippen molar-refractivity contribution in [3.63, 3.8) is 0 Å². The number of hydrogen-bond acceptors (Lipinski definition) is 6. The fourth-order valence-electron chi connectivity index (χ4n) is 4.77. The van der Waals surface area contributed by atoms with Gasteiger partial charge in [-0.3, -0.25) is 9.59 Å². The molecule has 2 aliphatic heterocycles. The highest BCUT2D eigenvalue weighted by atomic mass is 35.5. The average Bonchev–Trinajstić information content (AvgIpc) is 3.45. The molecule has 1 aromatic heterocycles. The molecule has 0 N–H and O–H groups in total. The fraction of sp³-hybridized carbons (Fsp3) is 0.407. The molecule has 5 rings (SSSR count). The number of carbonyl (C=O) groups is 1. The van der Waals surface area contributed by atoms with Crippen LogP contribution in [0.1, 0.15) is 54.4 Å². The van der Waals surface area contributed by atoms with Crippen LogP contribution in [0.2, 0.25) is 5.02 Å². The van der Waals surface area contributed by atoms with Gasteiger partial charge in [-0.15, -0.1) is 0 Å². The summed E-state index contributed by atoms with van der Waals surface area (Å²) in [6, 6.07) is 9.71. The lowest BCUT2D eigenvalue weighted by atomic mass is 9.97. The molecule has 0 bridgehead atoms.